The second-order valence-corrected chi connectivity index (χ2v) is 12.8. The van der Waals surface area contributed by atoms with Gasteiger partial charge in [0, 0.05) is 30.7 Å². The molecule has 0 aromatic heterocycles. The van der Waals surface area contributed by atoms with Crippen LogP contribution in [0.5, 0.6) is 0 Å². The maximum absolute atomic E-state index is 2.86. The van der Waals surface area contributed by atoms with Crippen molar-refractivity contribution in [1.29, 1.82) is 0 Å². The molecule has 0 saturated carbocycles. The molecule has 0 amide bonds. The average molecular weight is 393 g/mol. The zero-order chi connectivity index (χ0) is 21.4. The van der Waals surface area contributed by atoms with Crippen LogP contribution in [0.1, 0.15) is 102 Å². The highest BCUT2D eigenvalue weighted by atomic mass is 15.2. The Morgan fingerprint density at radius 1 is 0.821 bits per heavy atom. The SMILES string of the molecule is CC(C)N1CC(CC(C)N2CCC[C@@H](C(C)(C)C)[C@@H]2C)CC(C(C)(C)C)C1C. The van der Waals surface area contributed by atoms with Crippen molar-refractivity contribution in [1.82, 2.24) is 9.80 Å². The van der Waals surface area contributed by atoms with Crippen LogP contribution in [0, 0.1) is 28.6 Å². The molecule has 0 N–H and O–H groups in total. The smallest absolute Gasteiger partial charge is 0.0103 e. The summed E-state index contributed by atoms with van der Waals surface area (Å²) < 4.78 is 0. The van der Waals surface area contributed by atoms with Crippen LogP contribution in [-0.2, 0) is 0 Å². The highest BCUT2D eigenvalue weighted by molar-refractivity contribution is 4.95. The van der Waals surface area contributed by atoms with Gasteiger partial charge in [0.15, 0.2) is 0 Å². The largest absolute Gasteiger partial charge is 0.298 e. The van der Waals surface area contributed by atoms with Gasteiger partial charge < -0.3 is 0 Å². The Balaban J connectivity index is 2.10. The molecule has 0 spiro atoms. The van der Waals surface area contributed by atoms with Crippen LogP contribution in [-0.4, -0.2) is 47.1 Å². The van der Waals surface area contributed by atoms with Gasteiger partial charge in [-0.15, -0.1) is 0 Å². The fourth-order valence-electron chi connectivity index (χ4n) is 6.82. The first-order valence-corrected chi connectivity index (χ1v) is 12.2. The molecule has 2 heterocycles. The molecule has 6 atom stereocenters. The van der Waals surface area contributed by atoms with Crippen molar-refractivity contribution in [3.63, 3.8) is 0 Å². The monoisotopic (exact) mass is 392 g/mol. The van der Waals surface area contributed by atoms with E-state index < -0.39 is 0 Å². The molecule has 0 aromatic rings. The minimum absolute atomic E-state index is 0.393. The van der Waals surface area contributed by atoms with E-state index in [0.717, 1.165) is 17.8 Å². The van der Waals surface area contributed by atoms with Gasteiger partial charge in [-0.05, 0) is 95.4 Å². The summed E-state index contributed by atoms with van der Waals surface area (Å²) in [5.41, 5.74) is 0.814. The number of piperidine rings is 2. The van der Waals surface area contributed by atoms with Crippen LogP contribution in [0.3, 0.4) is 0 Å². The van der Waals surface area contributed by atoms with E-state index in [1.54, 1.807) is 0 Å². The van der Waals surface area contributed by atoms with Crippen molar-refractivity contribution in [3.8, 4) is 0 Å². The van der Waals surface area contributed by atoms with Gasteiger partial charge in [-0.25, -0.2) is 0 Å². The van der Waals surface area contributed by atoms with Crippen LogP contribution >= 0.6 is 0 Å². The van der Waals surface area contributed by atoms with Crippen molar-refractivity contribution >= 4 is 0 Å². The van der Waals surface area contributed by atoms with E-state index in [1.165, 1.54) is 38.8 Å². The third-order valence-electron chi connectivity index (χ3n) is 8.33. The quantitative estimate of drug-likeness (QED) is 0.525. The van der Waals surface area contributed by atoms with Gasteiger partial charge in [0.1, 0.15) is 0 Å². The Hall–Kier alpha value is -0.0800. The minimum atomic E-state index is 0.393. The fourth-order valence-corrected chi connectivity index (χ4v) is 6.82. The van der Waals surface area contributed by atoms with E-state index in [1.807, 2.05) is 0 Å². The molecule has 0 aliphatic carbocycles. The number of likely N-dealkylation sites (tertiary alicyclic amines) is 2. The molecule has 28 heavy (non-hydrogen) atoms. The fraction of sp³-hybridized carbons (Fsp3) is 1.00. The van der Waals surface area contributed by atoms with Gasteiger partial charge >= 0.3 is 0 Å². The molecule has 166 valence electrons. The van der Waals surface area contributed by atoms with Gasteiger partial charge in [0.2, 0.25) is 0 Å². The third-order valence-corrected chi connectivity index (χ3v) is 8.33. The lowest BCUT2D eigenvalue weighted by atomic mass is 9.68. The topological polar surface area (TPSA) is 6.48 Å². The van der Waals surface area contributed by atoms with Crippen molar-refractivity contribution < 1.29 is 0 Å². The minimum Gasteiger partial charge on any atom is -0.298 e. The van der Waals surface area contributed by atoms with E-state index in [4.69, 9.17) is 0 Å². The van der Waals surface area contributed by atoms with E-state index in [0.29, 0.717) is 35.0 Å². The maximum Gasteiger partial charge on any atom is 0.0103 e. The van der Waals surface area contributed by atoms with Gasteiger partial charge in [-0.1, -0.05) is 41.5 Å². The molecule has 2 nitrogen and oxygen atoms in total. The molecule has 2 aliphatic heterocycles. The summed E-state index contributed by atoms with van der Waals surface area (Å²) in [5, 5.41) is 0. The molecule has 2 aliphatic rings. The van der Waals surface area contributed by atoms with Gasteiger partial charge in [0.25, 0.3) is 0 Å². The summed E-state index contributed by atoms with van der Waals surface area (Å²) in [4.78, 5) is 5.66. The highest BCUT2D eigenvalue weighted by Gasteiger charge is 2.42. The van der Waals surface area contributed by atoms with Crippen LogP contribution in [0.15, 0.2) is 0 Å². The summed E-state index contributed by atoms with van der Waals surface area (Å²) in [7, 11) is 0. The van der Waals surface area contributed by atoms with Crippen molar-refractivity contribution in [2.24, 2.45) is 28.6 Å². The highest BCUT2D eigenvalue weighted by Crippen LogP contribution is 2.43. The Morgan fingerprint density at radius 2 is 1.36 bits per heavy atom. The number of hydrogen-bond acceptors (Lipinski definition) is 2. The van der Waals surface area contributed by atoms with E-state index >= 15 is 0 Å². The zero-order valence-electron chi connectivity index (χ0n) is 21.2. The first kappa shape index (κ1) is 24.2. The lowest BCUT2D eigenvalue weighted by Crippen LogP contribution is -2.55. The van der Waals surface area contributed by atoms with Crippen LogP contribution in [0.25, 0.3) is 0 Å². The van der Waals surface area contributed by atoms with Crippen molar-refractivity contribution in [2.45, 2.75) is 126 Å². The van der Waals surface area contributed by atoms with E-state index in [2.05, 4.69) is 86.0 Å². The predicted molar refractivity (Wildman–Crippen MR) is 125 cm³/mol. The number of nitrogens with zero attached hydrogens (tertiary/aromatic N) is 2. The first-order chi connectivity index (χ1) is 12.7. The summed E-state index contributed by atoms with van der Waals surface area (Å²) in [6, 6.07) is 2.77. The van der Waals surface area contributed by atoms with Crippen LogP contribution < -0.4 is 0 Å². The molecule has 2 heteroatoms. The standard InChI is InChI=1S/C26H52N2/c1-18(2)28-17-22(16-24(21(28)5)26(9,10)11)15-19(3)27-14-12-13-23(20(27)4)25(6,7)8/h18-24H,12-17H2,1-11H3/t19?,20-,21?,22?,23+,24?/m0/s1. The molecule has 0 bridgehead atoms. The third kappa shape index (κ3) is 5.54. The molecule has 0 aromatic carbocycles. The van der Waals surface area contributed by atoms with Gasteiger partial charge in [0.05, 0.1) is 0 Å². The Morgan fingerprint density at radius 3 is 1.86 bits per heavy atom. The maximum atomic E-state index is 2.86. The average Bonchev–Trinajstić information content (AvgIpc) is 2.53. The second-order valence-electron chi connectivity index (χ2n) is 12.8. The molecule has 2 saturated heterocycles. The van der Waals surface area contributed by atoms with E-state index in [9.17, 15) is 0 Å². The summed E-state index contributed by atoms with van der Waals surface area (Å²) in [6.07, 6.45) is 5.55. The van der Waals surface area contributed by atoms with Crippen LogP contribution in [0.2, 0.25) is 0 Å². The zero-order valence-corrected chi connectivity index (χ0v) is 21.2. The molecule has 2 rings (SSSR count). The normalized spacial score (nSPS) is 35.4. The Bertz CT molecular complexity index is 484. The van der Waals surface area contributed by atoms with Gasteiger partial charge in [-0.3, -0.25) is 9.80 Å². The number of hydrogen-bond donors (Lipinski definition) is 0. The molecular formula is C26H52N2. The lowest BCUT2D eigenvalue weighted by molar-refractivity contribution is -0.0275. The molecular weight excluding hydrogens is 340 g/mol. The molecule has 2 fully saturated rings. The molecule has 4 unspecified atom stereocenters. The molecule has 0 radical (unpaired) electrons. The second kappa shape index (κ2) is 8.96. The Labute approximate surface area is 177 Å². The van der Waals surface area contributed by atoms with E-state index in [-0.39, 0.29) is 0 Å². The Kier molecular flexibility index (Phi) is 7.74. The first-order valence-electron chi connectivity index (χ1n) is 12.2. The summed E-state index contributed by atoms with van der Waals surface area (Å²) in [5.74, 6) is 2.45. The summed E-state index contributed by atoms with van der Waals surface area (Å²) in [6.45, 7) is 29.6. The van der Waals surface area contributed by atoms with Crippen molar-refractivity contribution in [3.05, 3.63) is 0 Å². The summed E-state index contributed by atoms with van der Waals surface area (Å²) >= 11 is 0. The van der Waals surface area contributed by atoms with Gasteiger partial charge in [-0.2, -0.15) is 0 Å². The number of rotatable bonds is 4. The van der Waals surface area contributed by atoms with Crippen LogP contribution in [0.4, 0.5) is 0 Å². The predicted octanol–water partition coefficient (Wildman–Crippen LogP) is 6.69. The van der Waals surface area contributed by atoms with Crippen molar-refractivity contribution in [2.75, 3.05) is 13.1 Å². The lowest BCUT2D eigenvalue weighted by Gasteiger charge is -2.52.